The Bertz CT molecular complexity index is 404. The van der Waals surface area contributed by atoms with Crippen molar-refractivity contribution in [2.24, 2.45) is 5.92 Å². The second-order valence-electron chi connectivity index (χ2n) is 5.89. The van der Waals surface area contributed by atoms with Crippen LogP contribution >= 0.6 is 0 Å². The lowest BCUT2D eigenvalue weighted by atomic mass is 9.94. The zero-order chi connectivity index (χ0) is 21.0. The van der Waals surface area contributed by atoms with Gasteiger partial charge in [0.2, 0.25) is 0 Å². The van der Waals surface area contributed by atoms with Crippen LogP contribution in [0.2, 0.25) is 0 Å². The molecule has 0 aliphatic heterocycles. The van der Waals surface area contributed by atoms with Crippen molar-refractivity contribution in [3.63, 3.8) is 0 Å². The number of ether oxygens (including phenoxy) is 3. The van der Waals surface area contributed by atoms with E-state index in [2.05, 4.69) is 33.6 Å². The smallest absolute Gasteiger partial charge is 0.122 e. The summed E-state index contributed by atoms with van der Waals surface area (Å²) in [6, 6.07) is 0. The molecule has 4 nitrogen and oxygen atoms in total. The number of aldehydes is 1. The monoisotopic (exact) mass is 368 g/mol. The molecule has 0 rings (SSSR count). The first-order chi connectivity index (χ1) is 12.2. The maximum atomic E-state index is 8.81. The van der Waals surface area contributed by atoms with Crippen molar-refractivity contribution in [1.29, 1.82) is 0 Å². The number of hydrogen-bond donors (Lipinski definition) is 0. The Morgan fingerprint density at radius 1 is 1.08 bits per heavy atom. The van der Waals surface area contributed by atoms with Gasteiger partial charge in [-0.1, -0.05) is 31.7 Å². The van der Waals surface area contributed by atoms with E-state index in [1.807, 2.05) is 19.9 Å². The summed E-state index contributed by atoms with van der Waals surface area (Å²) in [5.74, 6) is 1.16. The van der Waals surface area contributed by atoms with Gasteiger partial charge in [-0.2, -0.15) is 0 Å². The van der Waals surface area contributed by atoms with Gasteiger partial charge in [-0.25, -0.2) is 0 Å². The highest BCUT2D eigenvalue weighted by molar-refractivity contribution is 5.44. The molecule has 0 aliphatic carbocycles. The van der Waals surface area contributed by atoms with E-state index in [1.54, 1.807) is 20.3 Å². The first-order valence-electron chi connectivity index (χ1n) is 8.93. The van der Waals surface area contributed by atoms with E-state index in [0.29, 0.717) is 19.1 Å². The standard InChI is InChI=1S/C17H30O3.C3H6.C2H4O/c1-13(2)12-17(20-11-10-18-6)16(5)14(3)8-9-15(4)19-7;1-3-2;1-2-3/h12,14-15H,1,5,8-11H2,2-4,6-7H3;3H,1H2,2H3;2H,1H3/b17-12+;;. The number of methoxy groups -OCH3 is 2. The predicted octanol–water partition coefficient (Wildman–Crippen LogP) is 5.51. The van der Waals surface area contributed by atoms with Crippen LogP contribution in [0.5, 0.6) is 0 Å². The van der Waals surface area contributed by atoms with Gasteiger partial charge in [0.05, 0.1) is 12.7 Å². The van der Waals surface area contributed by atoms with Crippen LogP contribution in [-0.2, 0) is 19.0 Å². The average molecular weight is 369 g/mol. The average Bonchev–Trinajstić information content (AvgIpc) is 2.59. The molecule has 0 aromatic heterocycles. The highest BCUT2D eigenvalue weighted by Crippen LogP contribution is 2.25. The first-order valence-corrected chi connectivity index (χ1v) is 8.93. The second-order valence-corrected chi connectivity index (χ2v) is 5.89. The molecule has 0 saturated heterocycles. The maximum Gasteiger partial charge on any atom is 0.122 e. The summed E-state index contributed by atoms with van der Waals surface area (Å²) < 4.78 is 16.0. The van der Waals surface area contributed by atoms with E-state index in [4.69, 9.17) is 19.0 Å². The molecule has 0 bridgehead atoms. The van der Waals surface area contributed by atoms with E-state index in [1.165, 1.54) is 6.92 Å². The number of allylic oxidation sites excluding steroid dienone is 4. The van der Waals surface area contributed by atoms with Crippen molar-refractivity contribution >= 4 is 6.29 Å². The zero-order valence-corrected chi connectivity index (χ0v) is 18.0. The molecule has 0 N–H and O–H groups in total. The SMILES string of the molecule is C=C(C)/C=C(/OCCOC)C(=C)C(C)CCC(C)OC.C=CC.CC=O. The van der Waals surface area contributed by atoms with Crippen LogP contribution in [0.25, 0.3) is 0 Å². The van der Waals surface area contributed by atoms with Crippen LogP contribution < -0.4 is 0 Å². The van der Waals surface area contributed by atoms with Gasteiger partial charge < -0.3 is 19.0 Å². The van der Waals surface area contributed by atoms with Gasteiger partial charge in [-0.15, -0.1) is 6.58 Å². The molecular formula is C22H40O4. The Kier molecular flexibility index (Phi) is 24.0. The maximum absolute atomic E-state index is 8.81. The molecule has 2 unspecified atom stereocenters. The van der Waals surface area contributed by atoms with Gasteiger partial charge in [0, 0.05) is 14.2 Å². The van der Waals surface area contributed by atoms with Crippen LogP contribution in [0.15, 0.2) is 48.8 Å². The molecule has 0 aromatic rings. The summed E-state index contributed by atoms with van der Waals surface area (Å²) in [6.07, 6.45) is 6.74. The Hall–Kier alpha value is -1.65. The third-order valence-electron chi connectivity index (χ3n) is 3.24. The second kappa shape index (κ2) is 21.4. The topological polar surface area (TPSA) is 44.8 Å². The Morgan fingerprint density at radius 2 is 1.58 bits per heavy atom. The van der Waals surface area contributed by atoms with Crippen molar-refractivity contribution in [2.75, 3.05) is 27.4 Å². The van der Waals surface area contributed by atoms with Crippen LogP contribution in [0.1, 0.15) is 47.5 Å². The largest absolute Gasteiger partial charge is 0.491 e. The fourth-order valence-corrected chi connectivity index (χ4v) is 1.71. The summed E-state index contributed by atoms with van der Waals surface area (Å²) in [5.41, 5.74) is 1.96. The van der Waals surface area contributed by atoms with E-state index in [9.17, 15) is 0 Å². The molecule has 0 aliphatic rings. The van der Waals surface area contributed by atoms with Crippen LogP contribution in [-0.4, -0.2) is 39.8 Å². The molecule has 2 atom stereocenters. The molecule has 0 amide bonds. The number of carbonyl (C=O) groups excluding carboxylic acids is 1. The Labute approximate surface area is 161 Å². The highest BCUT2D eigenvalue weighted by atomic mass is 16.5. The van der Waals surface area contributed by atoms with E-state index in [0.717, 1.165) is 36.0 Å². The summed E-state index contributed by atoms with van der Waals surface area (Å²) in [7, 11) is 3.40. The number of carbonyl (C=O) groups is 1. The van der Waals surface area contributed by atoms with Gasteiger partial charge in [-0.3, -0.25) is 0 Å². The third-order valence-corrected chi connectivity index (χ3v) is 3.24. The van der Waals surface area contributed by atoms with Gasteiger partial charge in [0.1, 0.15) is 18.7 Å². The Balaban J connectivity index is -0.000000768. The number of hydrogen-bond acceptors (Lipinski definition) is 4. The molecule has 0 radical (unpaired) electrons. The van der Waals surface area contributed by atoms with E-state index in [-0.39, 0.29) is 6.10 Å². The molecule has 0 fully saturated rings. The molecular weight excluding hydrogens is 328 g/mol. The summed E-state index contributed by atoms with van der Waals surface area (Å²) in [6.45, 7) is 22.1. The summed E-state index contributed by atoms with van der Waals surface area (Å²) in [4.78, 5) is 8.81. The molecule has 152 valence electrons. The molecule has 26 heavy (non-hydrogen) atoms. The predicted molar refractivity (Wildman–Crippen MR) is 112 cm³/mol. The van der Waals surface area contributed by atoms with Gasteiger partial charge in [0.25, 0.3) is 0 Å². The first kappa shape index (κ1) is 29.1. The van der Waals surface area contributed by atoms with Gasteiger partial charge in [0.15, 0.2) is 0 Å². The minimum absolute atomic E-state index is 0.272. The van der Waals surface area contributed by atoms with Crippen LogP contribution in [0.4, 0.5) is 0 Å². The number of rotatable bonds is 11. The molecule has 0 saturated carbocycles. The normalized spacial score (nSPS) is 12.3. The minimum Gasteiger partial charge on any atom is -0.491 e. The zero-order valence-electron chi connectivity index (χ0n) is 18.0. The minimum atomic E-state index is 0.272. The van der Waals surface area contributed by atoms with E-state index >= 15 is 0 Å². The van der Waals surface area contributed by atoms with Crippen molar-refractivity contribution in [3.8, 4) is 0 Å². The van der Waals surface area contributed by atoms with Crippen molar-refractivity contribution in [3.05, 3.63) is 48.8 Å². The molecule has 0 heterocycles. The fraction of sp³-hybridized carbons (Fsp3) is 0.591. The summed E-state index contributed by atoms with van der Waals surface area (Å²) in [5, 5.41) is 0. The highest BCUT2D eigenvalue weighted by Gasteiger charge is 2.14. The third kappa shape index (κ3) is 20.4. The molecule has 0 aromatic carbocycles. The van der Waals surface area contributed by atoms with Gasteiger partial charge in [-0.05, 0) is 58.1 Å². The fourth-order valence-electron chi connectivity index (χ4n) is 1.71. The van der Waals surface area contributed by atoms with Crippen LogP contribution in [0, 0.1) is 5.92 Å². The van der Waals surface area contributed by atoms with E-state index < -0.39 is 0 Å². The quantitative estimate of drug-likeness (QED) is 0.158. The summed E-state index contributed by atoms with van der Waals surface area (Å²) >= 11 is 0. The lowest BCUT2D eigenvalue weighted by Crippen LogP contribution is -2.11. The van der Waals surface area contributed by atoms with Crippen LogP contribution in [0.3, 0.4) is 0 Å². The Morgan fingerprint density at radius 3 is 1.96 bits per heavy atom. The lowest BCUT2D eigenvalue weighted by Gasteiger charge is -2.20. The van der Waals surface area contributed by atoms with Crippen molar-refractivity contribution in [2.45, 2.75) is 53.6 Å². The van der Waals surface area contributed by atoms with Crippen molar-refractivity contribution < 1.29 is 19.0 Å². The lowest BCUT2D eigenvalue weighted by molar-refractivity contribution is -0.106. The molecule has 0 spiro atoms. The van der Waals surface area contributed by atoms with Crippen molar-refractivity contribution in [1.82, 2.24) is 0 Å². The van der Waals surface area contributed by atoms with Gasteiger partial charge >= 0.3 is 0 Å². The molecule has 4 heteroatoms.